The van der Waals surface area contributed by atoms with Gasteiger partial charge in [0.2, 0.25) is 0 Å². The van der Waals surface area contributed by atoms with Gasteiger partial charge in [-0.3, -0.25) is 4.79 Å². The molecule has 2 rings (SSSR count). The second kappa shape index (κ2) is 6.91. The summed E-state index contributed by atoms with van der Waals surface area (Å²) in [5.41, 5.74) is 1.33. The number of carbonyl (C=O) groups excluding carboxylic acids is 1. The molecule has 1 saturated heterocycles. The maximum Gasteiger partial charge on any atom is 0.260 e. The average Bonchev–Trinajstić information content (AvgIpc) is 2.53. The van der Waals surface area contributed by atoms with Crippen LogP contribution >= 0.6 is 0 Å². The lowest BCUT2D eigenvalue weighted by Crippen LogP contribution is -2.42. The average molecular weight is 278 g/mol. The van der Waals surface area contributed by atoms with Crippen molar-refractivity contribution in [1.29, 1.82) is 0 Å². The first-order chi connectivity index (χ1) is 9.70. The van der Waals surface area contributed by atoms with Crippen LogP contribution in [0.25, 0.3) is 0 Å². The van der Waals surface area contributed by atoms with Gasteiger partial charge in [0.1, 0.15) is 5.75 Å². The van der Waals surface area contributed by atoms with Gasteiger partial charge in [-0.05, 0) is 36.8 Å². The highest BCUT2D eigenvalue weighted by Crippen LogP contribution is 2.13. The molecule has 0 saturated carbocycles. The Balaban J connectivity index is 1.85. The first-order valence-electron chi connectivity index (χ1n) is 6.48. The minimum Gasteiger partial charge on any atom is -0.484 e. The Labute approximate surface area is 117 Å². The van der Waals surface area contributed by atoms with Crippen molar-refractivity contribution in [1.82, 2.24) is 4.90 Å². The van der Waals surface area contributed by atoms with Crippen LogP contribution in [-0.4, -0.2) is 54.6 Å². The minimum atomic E-state index is -0.0366. The Kier molecular flexibility index (Phi) is 4.95. The quantitative estimate of drug-likeness (QED) is 0.509. The van der Waals surface area contributed by atoms with Gasteiger partial charge < -0.3 is 19.6 Å². The lowest BCUT2D eigenvalue weighted by Gasteiger charge is -2.26. The molecule has 20 heavy (non-hydrogen) atoms. The second-order valence-electron chi connectivity index (χ2n) is 4.49. The van der Waals surface area contributed by atoms with Gasteiger partial charge in [-0.25, -0.2) is 0 Å². The van der Waals surface area contributed by atoms with Crippen LogP contribution in [0.2, 0.25) is 0 Å². The zero-order valence-electron chi connectivity index (χ0n) is 11.4. The maximum atomic E-state index is 11.9. The van der Waals surface area contributed by atoms with Gasteiger partial charge in [0.15, 0.2) is 6.61 Å². The second-order valence-corrected chi connectivity index (χ2v) is 4.49. The Morgan fingerprint density at radius 2 is 2.00 bits per heavy atom. The van der Waals surface area contributed by atoms with E-state index in [2.05, 4.69) is 5.16 Å². The molecular formula is C14H18N2O4. The third-order valence-corrected chi connectivity index (χ3v) is 3.15. The van der Waals surface area contributed by atoms with Gasteiger partial charge in [-0.15, -0.1) is 0 Å². The Hall–Kier alpha value is -2.08. The van der Waals surface area contributed by atoms with Crippen LogP contribution in [0.5, 0.6) is 5.75 Å². The third-order valence-electron chi connectivity index (χ3n) is 3.15. The number of ether oxygens (including phenoxy) is 2. The van der Waals surface area contributed by atoms with Crippen LogP contribution < -0.4 is 4.74 Å². The van der Waals surface area contributed by atoms with Gasteiger partial charge in [-0.2, -0.15) is 0 Å². The number of oxime groups is 1. The summed E-state index contributed by atoms with van der Waals surface area (Å²) >= 11 is 0. The normalized spacial score (nSPS) is 16.1. The van der Waals surface area contributed by atoms with Crippen molar-refractivity contribution < 1.29 is 19.5 Å². The summed E-state index contributed by atoms with van der Waals surface area (Å²) in [6.45, 7) is 4.13. The molecule has 0 aromatic heterocycles. The molecule has 1 aromatic carbocycles. The smallest absolute Gasteiger partial charge is 0.260 e. The lowest BCUT2D eigenvalue weighted by molar-refractivity contribution is -0.137. The van der Waals surface area contributed by atoms with Gasteiger partial charge in [-0.1, -0.05) is 5.16 Å². The number of amides is 1. The number of morpholine rings is 1. The predicted molar refractivity (Wildman–Crippen MR) is 73.3 cm³/mol. The highest BCUT2D eigenvalue weighted by atomic mass is 16.5. The van der Waals surface area contributed by atoms with Crippen LogP contribution in [0, 0.1) is 0 Å². The number of carbonyl (C=O) groups is 1. The predicted octanol–water partition coefficient (Wildman–Crippen LogP) is 1.12. The van der Waals surface area contributed by atoms with Crippen molar-refractivity contribution in [3.63, 3.8) is 0 Å². The number of hydrogen-bond donors (Lipinski definition) is 1. The van der Waals surface area contributed by atoms with E-state index in [9.17, 15) is 4.79 Å². The van der Waals surface area contributed by atoms with E-state index >= 15 is 0 Å². The summed E-state index contributed by atoms with van der Waals surface area (Å²) < 4.78 is 10.6. The molecule has 0 atom stereocenters. The van der Waals surface area contributed by atoms with E-state index in [-0.39, 0.29) is 12.5 Å². The van der Waals surface area contributed by atoms with Crippen LogP contribution in [-0.2, 0) is 9.53 Å². The van der Waals surface area contributed by atoms with E-state index < -0.39 is 0 Å². The zero-order chi connectivity index (χ0) is 14.4. The van der Waals surface area contributed by atoms with Crippen LogP contribution in [0.4, 0.5) is 0 Å². The van der Waals surface area contributed by atoms with Crippen molar-refractivity contribution >= 4 is 11.6 Å². The molecule has 0 radical (unpaired) electrons. The topological polar surface area (TPSA) is 71.4 Å². The summed E-state index contributed by atoms with van der Waals surface area (Å²) in [5, 5.41) is 11.8. The van der Waals surface area contributed by atoms with Crippen LogP contribution in [0.15, 0.2) is 29.4 Å². The van der Waals surface area contributed by atoms with Crippen molar-refractivity contribution in [3.05, 3.63) is 29.8 Å². The van der Waals surface area contributed by atoms with E-state index in [0.29, 0.717) is 37.8 Å². The number of hydrogen-bond acceptors (Lipinski definition) is 5. The van der Waals surface area contributed by atoms with E-state index in [0.717, 1.165) is 5.56 Å². The maximum absolute atomic E-state index is 11.9. The van der Waals surface area contributed by atoms with Crippen molar-refractivity contribution in [2.45, 2.75) is 6.92 Å². The first-order valence-corrected chi connectivity index (χ1v) is 6.48. The molecule has 1 heterocycles. The number of rotatable bonds is 4. The van der Waals surface area contributed by atoms with E-state index in [1.54, 1.807) is 36.1 Å². The molecule has 6 heteroatoms. The Morgan fingerprint density at radius 3 is 2.60 bits per heavy atom. The molecule has 0 unspecified atom stereocenters. The Morgan fingerprint density at radius 1 is 1.35 bits per heavy atom. The fourth-order valence-corrected chi connectivity index (χ4v) is 1.90. The standard InChI is InChI=1S/C14H18N2O4/c1-11(15-18)12-2-4-13(5-3-12)20-10-14(17)16-6-8-19-9-7-16/h2-5,18H,6-10H2,1H3. The summed E-state index contributed by atoms with van der Waals surface area (Å²) in [4.78, 5) is 13.6. The molecule has 0 bridgehead atoms. The summed E-state index contributed by atoms with van der Waals surface area (Å²) in [5.74, 6) is 0.576. The molecule has 1 fully saturated rings. The molecular weight excluding hydrogens is 260 g/mol. The lowest BCUT2D eigenvalue weighted by atomic mass is 10.1. The SMILES string of the molecule is CC(=NO)c1ccc(OCC(=O)N2CCOCC2)cc1. The fourth-order valence-electron chi connectivity index (χ4n) is 1.90. The summed E-state index contributed by atoms with van der Waals surface area (Å²) in [6.07, 6.45) is 0. The Bertz CT molecular complexity index is 478. The van der Waals surface area contributed by atoms with E-state index in [1.165, 1.54) is 0 Å². The van der Waals surface area contributed by atoms with Gasteiger partial charge in [0.25, 0.3) is 5.91 Å². The molecule has 1 aromatic rings. The monoisotopic (exact) mass is 278 g/mol. The highest BCUT2D eigenvalue weighted by Gasteiger charge is 2.17. The van der Waals surface area contributed by atoms with Gasteiger partial charge in [0.05, 0.1) is 18.9 Å². The first kappa shape index (κ1) is 14.3. The molecule has 0 spiro atoms. The fraction of sp³-hybridized carbons (Fsp3) is 0.429. The van der Waals surface area contributed by atoms with Crippen LogP contribution in [0.1, 0.15) is 12.5 Å². The minimum absolute atomic E-state index is 0.0203. The molecule has 1 N–H and O–H groups in total. The molecule has 108 valence electrons. The van der Waals surface area contributed by atoms with Crippen molar-refractivity contribution in [2.24, 2.45) is 5.16 Å². The largest absolute Gasteiger partial charge is 0.484 e. The van der Waals surface area contributed by atoms with Gasteiger partial charge in [0, 0.05) is 13.1 Å². The number of benzene rings is 1. The zero-order valence-corrected chi connectivity index (χ0v) is 11.4. The van der Waals surface area contributed by atoms with E-state index in [4.69, 9.17) is 14.7 Å². The molecule has 0 aliphatic carbocycles. The molecule has 1 amide bonds. The van der Waals surface area contributed by atoms with Crippen molar-refractivity contribution in [3.8, 4) is 5.75 Å². The van der Waals surface area contributed by atoms with Crippen LogP contribution in [0.3, 0.4) is 0 Å². The van der Waals surface area contributed by atoms with Crippen molar-refractivity contribution in [2.75, 3.05) is 32.9 Å². The highest BCUT2D eigenvalue weighted by molar-refractivity contribution is 5.98. The van der Waals surface area contributed by atoms with Gasteiger partial charge >= 0.3 is 0 Å². The molecule has 1 aliphatic rings. The van der Waals surface area contributed by atoms with E-state index in [1.807, 2.05) is 0 Å². The summed E-state index contributed by atoms with van der Waals surface area (Å²) in [7, 11) is 0. The molecule has 6 nitrogen and oxygen atoms in total. The third kappa shape index (κ3) is 3.71. The molecule has 1 aliphatic heterocycles. The number of nitrogens with zero attached hydrogens (tertiary/aromatic N) is 2. The summed E-state index contributed by atoms with van der Waals surface area (Å²) in [6, 6.07) is 7.06.